The molecule has 2 aliphatic heterocycles. The standard InChI is InChI=1S/C37H37Cl2N5O6S2/c1-48-32-11-9-23(17-33(32)49-2)29-22-28(34-35(40-29)42-37(51-34)43-13-5-3-6-14-43)36(45)41-30-21-27(52(46,47)44-15-7-4-8-16-44)10-12-31(30)50-26-19-24(38)18-25(39)20-26/h9-12,17-22H,3-8,13-16H2,1-2H3,(H,41,45). The van der Waals surface area contributed by atoms with Crippen LogP contribution in [-0.2, 0) is 10.0 Å². The van der Waals surface area contributed by atoms with Gasteiger partial charge in [-0.15, -0.1) is 0 Å². The van der Waals surface area contributed by atoms with Crippen molar-refractivity contribution < 1.29 is 27.4 Å². The third-order valence-electron chi connectivity index (χ3n) is 9.12. The highest BCUT2D eigenvalue weighted by Crippen LogP contribution is 2.39. The number of sulfonamides is 1. The number of methoxy groups -OCH3 is 2. The zero-order valence-corrected chi connectivity index (χ0v) is 31.8. The van der Waals surface area contributed by atoms with E-state index in [0.29, 0.717) is 67.6 Å². The second kappa shape index (κ2) is 15.5. The first kappa shape index (κ1) is 36.2. The summed E-state index contributed by atoms with van der Waals surface area (Å²) in [6.07, 6.45) is 5.83. The van der Waals surface area contributed by atoms with Crippen LogP contribution in [0.1, 0.15) is 48.9 Å². The predicted octanol–water partition coefficient (Wildman–Crippen LogP) is 8.89. The van der Waals surface area contributed by atoms with Gasteiger partial charge >= 0.3 is 0 Å². The number of nitrogens with one attached hydrogen (secondary N) is 1. The Morgan fingerprint density at radius 3 is 2.15 bits per heavy atom. The van der Waals surface area contributed by atoms with Gasteiger partial charge in [-0.1, -0.05) is 41.0 Å². The number of nitrogens with zero attached hydrogens (tertiary/aromatic N) is 4. The maximum atomic E-state index is 14.5. The smallest absolute Gasteiger partial charge is 0.257 e. The highest BCUT2D eigenvalue weighted by molar-refractivity contribution is 7.89. The van der Waals surface area contributed by atoms with Crippen LogP contribution in [0.15, 0.2) is 65.6 Å². The molecule has 0 spiro atoms. The number of rotatable bonds is 10. The van der Waals surface area contributed by atoms with Gasteiger partial charge in [0.2, 0.25) is 10.0 Å². The number of halogens is 2. The lowest BCUT2D eigenvalue weighted by atomic mass is 10.1. The summed E-state index contributed by atoms with van der Waals surface area (Å²) >= 11 is 13.9. The number of pyridine rings is 1. The number of aromatic nitrogens is 2. The average molecular weight is 783 g/mol. The molecule has 52 heavy (non-hydrogen) atoms. The van der Waals surface area contributed by atoms with E-state index in [4.69, 9.17) is 47.4 Å². The third-order valence-corrected chi connectivity index (χ3v) is 12.6. The molecule has 2 aromatic heterocycles. The Kier molecular flexibility index (Phi) is 10.8. The highest BCUT2D eigenvalue weighted by Gasteiger charge is 2.28. The first-order valence-electron chi connectivity index (χ1n) is 17.0. The lowest BCUT2D eigenvalue weighted by Crippen LogP contribution is -2.35. The van der Waals surface area contributed by atoms with E-state index >= 15 is 0 Å². The number of carbonyl (C=O) groups excluding carboxylic acids is 1. The highest BCUT2D eigenvalue weighted by atomic mass is 35.5. The topological polar surface area (TPSA) is 123 Å². The summed E-state index contributed by atoms with van der Waals surface area (Å²) in [6, 6.07) is 16.3. The molecule has 5 aromatic rings. The quantitative estimate of drug-likeness (QED) is 0.148. The SMILES string of the molecule is COc1ccc(-c2cc(C(=O)Nc3cc(S(=O)(=O)N4CCCCC4)ccc3Oc3cc(Cl)cc(Cl)c3)c3sc(N4CCCCC4)nc3n2)cc1OC. The molecule has 0 saturated carbocycles. The Labute approximate surface area is 316 Å². The molecule has 2 fully saturated rings. The van der Waals surface area contributed by atoms with Crippen LogP contribution in [0.4, 0.5) is 10.8 Å². The molecular formula is C37H37Cl2N5O6S2. The molecule has 0 unspecified atom stereocenters. The van der Waals surface area contributed by atoms with Crippen LogP contribution >= 0.6 is 34.5 Å². The van der Waals surface area contributed by atoms with Crippen LogP contribution in [0.25, 0.3) is 21.6 Å². The number of anilines is 2. The number of hydrogen-bond acceptors (Lipinski definition) is 10. The number of thiazole rings is 1. The molecule has 2 saturated heterocycles. The second-order valence-electron chi connectivity index (χ2n) is 12.6. The van der Waals surface area contributed by atoms with Crippen molar-refractivity contribution in [1.82, 2.24) is 14.3 Å². The Hall–Kier alpha value is -4.14. The summed E-state index contributed by atoms with van der Waals surface area (Å²) in [5.74, 6) is 1.09. The summed E-state index contributed by atoms with van der Waals surface area (Å²) in [5.41, 5.74) is 2.09. The van der Waals surface area contributed by atoms with E-state index in [-0.39, 0.29) is 16.3 Å². The number of hydrogen-bond donors (Lipinski definition) is 1. The van der Waals surface area contributed by atoms with Crippen molar-refractivity contribution in [3.63, 3.8) is 0 Å². The van der Waals surface area contributed by atoms with Crippen LogP contribution in [0, 0.1) is 0 Å². The van der Waals surface area contributed by atoms with Crippen molar-refractivity contribution in [3.8, 4) is 34.3 Å². The fourth-order valence-corrected chi connectivity index (χ4v) is 9.57. The largest absolute Gasteiger partial charge is 0.493 e. The lowest BCUT2D eigenvalue weighted by molar-refractivity contribution is 0.102. The van der Waals surface area contributed by atoms with Gasteiger partial charge in [0.1, 0.15) is 5.75 Å². The molecule has 7 rings (SSSR count). The van der Waals surface area contributed by atoms with Gasteiger partial charge in [-0.3, -0.25) is 4.79 Å². The molecule has 15 heteroatoms. The molecule has 272 valence electrons. The molecular weight excluding hydrogens is 745 g/mol. The van der Waals surface area contributed by atoms with Gasteiger partial charge in [0.15, 0.2) is 28.0 Å². The number of carbonyl (C=O) groups is 1. The number of fused-ring (bicyclic) bond motifs is 1. The van der Waals surface area contributed by atoms with E-state index in [1.807, 2.05) is 6.07 Å². The minimum Gasteiger partial charge on any atom is -0.493 e. The number of ether oxygens (including phenoxy) is 3. The van der Waals surface area contributed by atoms with Crippen molar-refractivity contribution in [1.29, 1.82) is 0 Å². The van der Waals surface area contributed by atoms with E-state index in [2.05, 4.69) is 10.2 Å². The molecule has 3 aromatic carbocycles. The van der Waals surface area contributed by atoms with Crippen molar-refractivity contribution in [2.24, 2.45) is 0 Å². The van der Waals surface area contributed by atoms with E-state index in [0.717, 1.165) is 56.7 Å². The van der Waals surface area contributed by atoms with Crippen molar-refractivity contribution in [2.45, 2.75) is 43.4 Å². The summed E-state index contributed by atoms with van der Waals surface area (Å²) in [4.78, 5) is 26.6. The minimum atomic E-state index is -3.85. The van der Waals surface area contributed by atoms with Gasteiger partial charge in [-0.05, 0) is 92.8 Å². The van der Waals surface area contributed by atoms with E-state index in [1.54, 1.807) is 50.6 Å². The Morgan fingerprint density at radius 1 is 0.788 bits per heavy atom. The average Bonchev–Trinajstić information content (AvgIpc) is 3.59. The van der Waals surface area contributed by atoms with Crippen LogP contribution in [0.3, 0.4) is 0 Å². The van der Waals surface area contributed by atoms with Gasteiger partial charge in [0.05, 0.1) is 40.8 Å². The maximum Gasteiger partial charge on any atom is 0.257 e. The summed E-state index contributed by atoms with van der Waals surface area (Å²) in [5, 5.41) is 4.47. The molecule has 1 amide bonds. The van der Waals surface area contributed by atoms with Crippen LogP contribution in [0.2, 0.25) is 10.0 Å². The van der Waals surface area contributed by atoms with Gasteiger partial charge < -0.3 is 24.4 Å². The molecule has 0 radical (unpaired) electrons. The lowest BCUT2D eigenvalue weighted by Gasteiger charge is -2.26. The summed E-state index contributed by atoms with van der Waals surface area (Å²) in [7, 11) is -0.731. The van der Waals surface area contributed by atoms with Crippen LogP contribution in [0.5, 0.6) is 23.0 Å². The van der Waals surface area contributed by atoms with E-state index in [1.165, 1.54) is 33.8 Å². The van der Waals surface area contributed by atoms with Crippen molar-refractivity contribution in [2.75, 3.05) is 50.6 Å². The monoisotopic (exact) mass is 781 g/mol. The fourth-order valence-electron chi connectivity index (χ4n) is 6.45. The van der Waals surface area contributed by atoms with Crippen LogP contribution in [-0.4, -0.2) is 69.0 Å². The minimum absolute atomic E-state index is 0.0391. The molecule has 4 heterocycles. The second-order valence-corrected chi connectivity index (χ2v) is 16.4. The first-order chi connectivity index (χ1) is 25.1. The molecule has 0 atom stereocenters. The van der Waals surface area contributed by atoms with E-state index in [9.17, 15) is 13.2 Å². The van der Waals surface area contributed by atoms with Crippen molar-refractivity contribution in [3.05, 3.63) is 76.3 Å². The Morgan fingerprint density at radius 2 is 1.46 bits per heavy atom. The van der Waals surface area contributed by atoms with Crippen LogP contribution < -0.4 is 24.4 Å². The van der Waals surface area contributed by atoms with Gasteiger partial charge in [-0.2, -0.15) is 9.29 Å². The maximum absolute atomic E-state index is 14.5. The molecule has 11 nitrogen and oxygen atoms in total. The summed E-state index contributed by atoms with van der Waals surface area (Å²) < 4.78 is 46.8. The van der Waals surface area contributed by atoms with E-state index < -0.39 is 15.9 Å². The molecule has 0 aliphatic carbocycles. The molecule has 2 aliphatic rings. The molecule has 0 bridgehead atoms. The fraction of sp³-hybridized carbons (Fsp3) is 0.324. The normalized spacial score (nSPS) is 15.4. The zero-order chi connectivity index (χ0) is 36.4. The van der Waals surface area contributed by atoms with Crippen molar-refractivity contribution >= 4 is 71.6 Å². The molecule has 1 N–H and O–H groups in total. The van der Waals surface area contributed by atoms with Gasteiger partial charge in [0, 0.05) is 41.8 Å². The number of piperidine rings is 2. The van der Waals surface area contributed by atoms with Gasteiger partial charge in [-0.25, -0.2) is 13.4 Å². The summed E-state index contributed by atoms with van der Waals surface area (Å²) in [6.45, 7) is 2.61. The number of amides is 1. The first-order valence-corrected chi connectivity index (χ1v) is 20.0. The van der Waals surface area contributed by atoms with Gasteiger partial charge in [0.25, 0.3) is 5.91 Å². The number of benzene rings is 3. The zero-order valence-electron chi connectivity index (χ0n) is 28.7. The predicted molar refractivity (Wildman–Crippen MR) is 206 cm³/mol. The Bertz CT molecular complexity index is 2220. The Balaban J connectivity index is 1.33. The third kappa shape index (κ3) is 7.65.